The van der Waals surface area contributed by atoms with Crippen LogP contribution in [-0.4, -0.2) is 24.2 Å². The van der Waals surface area contributed by atoms with E-state index in [0.717, 1.165) is 31.1 Å². The number of nitrogens with one attached hydrogen (secondary N) is 1. The van der Waals surface area contributed by atoms with Crippen molar-refractivity contribution in [3.63, 3.8) is 0 Å². The molecule has 7 heteroatoms. The normalized spacial score (nSPS) is 16.8. The van der Waals surface area contributed by atoms with Gasteiger partial charge in [0.1, 0.15) is 0 Å². The fourth-order valence-corrected chi connectivity index (χ4v) is 2.16. The number of carbonyl (C=O) groups is 1. The fourth-order valence-electron chi connectivity index (χ4n) is 1.94. The number of halogens is 4. The second-order valence-electron chi connectivity index (χ2n) is 5.45. The zero-order valence-electron chi connectivity index (χ0n) is 11.6. The van der Waals surface area contributed by atoms with Gasteiger partial charge >= 0.3 is 6.18 Å². The lowest BCUT2D eigenvalue weighted by molar-refractivity contribution is -0.137. The van der Waals surface area contributed by atoms with Gasteiger partial charge in [0.15, 0.2) is 0 Å². The topological polar surface area (TPSA) is 49.3 Å². The van der Waals surface area contributed by atoms with Crippen LogP contribution in [0.25, 0.3) is 6.08 Å². The summed E-state index contributed by atoms with van der Waals surface area (Å²) in [7, 11) is 0. The summed E-state index contributed by atoms with van der Waals surface area (Å²) in [4.78, 5) is 11.6. The van der Waals surface area contributed by atoms with E-state index in [4.69, 9.17) is 16.7 Å². The van der Waals surface area contributed by atoms with Crippen molar-refractivity contribution >= 4 is 23.6 Å². The van der Waals surface area contributed by atoms with Gasteiger partial charge in [-0.3, -0.25) is 4.79 Å². The Morgan fingerprint density at radius 3 is 2.64 bits per heavy atom. The molecule has 2 rings (SSSR count). The van der Waals surface area contributed by atoms with E-state index >= 15 is 0 Å². The first kappa shape index (κ1) is 16.8. The highest BCUT2D eigenvalue weighted by Crippen LogP contribution is 2.44. The molecule has 0 heterocycles. The molecule has 1 fully saturated rings. The molecule has 0 unspecified atom stereocenters. The van der Waals surface area contributed by atoms with Crippen molar-refractivity contribution in [1.29, 1.82) is 0 Å². The summed E-state index contributed by atoms with van der Waals surface area (Å²) in [6.07, 6.45) is -0.363. The zero-order valence-corrected chi connectivity index (χ0v) is 12.3. The summed E-state index contributed by atoms with van der Waals surface area (Å²) in [5.74, 6) is -0.414. The standard InChI is InChI=1S/C15H15ClF3NO2/c16-12-3-1-10(7-11(12)15(17,18)19)2-4-13(22)20-8-14(9-21)5-6-14/h1-4,7,21H,5-6,8-9H2,(H,20,22)/b4-2+. The minimum atomic E-state index is -4.54. The smallest absolute Gasteiger partial charge is 0.396 e. The van der Waals surface area contributed by atoms with Gasteiger partial charge < -0.3 is 10.4 Å². The van der Waals surface area contributed by atoms with Crippen LogP contribution in [0.15, 0.2) is 24.3 Å². The van der Waals surface area contributed by atoms with E-state index in [1.54, 1.807) is 0 Å². The van der Waals surface area contributed by atoms with Crippen LogP contribution >= 0.6 is 11.6 Å². The first-order chi connectivity index (χ1) is 10.3. The highest BCUT2D eigenvalue weighted by Gasteiger charge is 2.41. The predicted octanol–water partition coefficient (Wildman–Crippen LogP) is 3.26. The Morgan fingerprint density at radius 1 is 1.41 bits per heavy atom. The van der Waals surface area contributed by atoms with Gasteiger partial charge in [-0.15, -0.1) is 0 Å². The fraction of sp³-hybridized carbons (Fsp3) is 0.400. The number of aliphatic hydroxyl groups is 1. The van der Waals surface area contributed by atoms with E-state index in [9.17, 15) is 18.0 Å². The molecule has 0 bridgehead atoms. The summed E-state index contributed by atoms with van der Waals surface area (Å²) in [6, 6.07) is 3.44. The molecule has 0 atom stereocenters. The minimum Gasteiger partial charge on any atom is -0.396 e. The van der Waals surface area contributed by atoms with E-state index < -0.39 is 17.6 Å². The maximum Gasteiger partial charge on any atom is 0.417 e. The lowest BCUT2D eigenvalue weighted by Crippen LogP contribution is -2.30. The van der Waals surface area contributed by atoms with Crippen LogP contribution < -0.4 is 5.32 Å². The summed E-state index contributed by atoms with van der Waals surface area (Å²) < 4.78 is 38.1. The van der Waals surface area contributed by atoms with Crippen molar-refractivity contribution < 1.29 is 23.1 Å². The van der Waals surface area contributed by atoms with Crippen LogP contribution in [0.4, 0.5) is 13.2 Å². The summed E-state index contributed by atoms with van der Waals surface area (Å²) in [5, 5.41) is 11.4. The number of hydrogen-bond acceptors (Lipinski definition) is 2. The summed E-state index contributed by atoms with van der Waals surface area (Å²) >= 11 is 5.52. The number of amides is 1. The maximum atomic E-state index is 12.7. The summed E-state index contributed by atoms with van der Waals surface area (Å²) in [5.41, 5.74) is -0.920. The molecule has 22 heavy (non-hydrogen) atoms. The van der Waals surface area contributed by atoms with Crippen molar-refractivity contribution in [2.75, 3.05) is 13.2 Å². The van der Waals surface area contributed by atoms with Crippen LogP contribution in [-0.2, 0) is 11.0 Å². The van der Waals surface area contributed by atoms with Crippen molar-refractivity contribution in [1.82, 2.24) is 5.32 Å². The minimum absolute atomic E-state index is 0.0170. The maximum absolute atomic E-state index is 12.7. The molecule has 0 aromatic heterocycles. The summed E-state index contributed by atoms with van der Waals surface area (Å²) in [6.45, 7) is 0.379. The zero-order chi connectivity index (χ0) is 16.4. The molecular weight excluding hydrogens is 319 g/mol. The molecule has 0 spiro atoms. The molecule has 1 amide bonds. The van der Waals surface area contributed by atoms with Gasteiger partial charge in [0.05, 0.1) is 17.2 Å². The molecule has 1 aliphatic rings. The first-order valence-corrected chi connectivity index (χ1v) is 7.07. The number of carbonyl (C=O) groups excluding carboxylic acids is 1. The Hall–Kier alpha value is -1.53. The molecular formula is C15H15ClF3NO2. The number of hydrogen-bond donors (Lipinski definition) is 2. The first-order valence-electron chi connectivity index (χ1n) is 6.69. The van der Waals surface area contributed by atoms with Crippen molar-refractivity contribution in [3.8, 4) is 0 Å². The Morgan fingerprint density at radius 2 is 2.09 bits per heavy atom. The second kappa shape index (κ2) is 6.30. The van der Waals surface area contributed by atoms with E-state index in [1.807, 2.05) is 0 Å². The highest BCUT2D eigenvalue weighted by atomic mass is 35.5. The van der Waals surface area contributed by atoms with Gasteiger partial charge in [0, 0.05) is 18.0 Å². The Labute approximate surface area is 130 Å². The largest absolute Gasteiger partial charge is 0.417 e. The van der Waals surface area contributed by atoms with Gasteiger partial charge in [-0.25, -0.2) is 0 Å². The van der Waals surface area contributed by atoms with Crippen molar-refractivity contribution in [2.45, 2.75) is 19.0 Å². The third kappa shape index (κ3) is 4.24. The molecule has 0 saturated heterocycles. The van der Waals surface area contributed by atoms with E-state index in [2.05, 4.69) is 5.32 Å². The van der Waals surface area contributed by atoms with Gasteiger partial charge in [-0.1, -0.05) is 17.7 Å². The Kier molecular flexibility index (Phi) is 4.82. The molecule has 1 aromatic rings. The van der Waals surface area contributed by atoms with Crippen LogP contribution in [0, 0.1) is 5.41 Å². The SMILES string of the molecule is O=C(/C=C/c1ccc(Cl)c(C(F)(F)F)c1)NCC1(CO)CC1. The Balaban J connectivity index is 1.99. The van der Waals surface area contributed by atoms with Crippen LogP contribution in [0.2, 0.25) is 5.02 Å². The van der Waals surface area contributed by atoms with Gasteiger partial charge in [0.25, 0.3) is 0 Å². The molecule has 0 aliphatic heterocycles. The van der Waals surface area contributed by atoms with Gasteiger partial charge in [-0.05, 0) is 36.6 Å². The highest BCUT2D eigenvalue weighted by molar-refractivity contribution is 6.31. The van der Waals surface area contributed by atoms with E-state index in [-0.39, 0.29) is 22.6 Å². The quantitative estimate of drug-likeness (QED) is 0.813. The van der Waals surface area contributed by atoms with Crippen LogP contribution in [0.3, 0.4) is 0 Å². The number of rotatable bonds is 5. The average molecular weight is 334 g/mol. The van der Waals surface area contributed by atoms with E-state index in [0.29, 0.717) is 6.54 Å². The molecule has 2 N–H and O–H groups in total. The van der Waals surface area contributed by atoms with E-state index in [1.165, 1.54) is 12.1 Å². The number of benzene rings is 1. The lowest BCUT2D eigenvalue weighted by Gasteiger charge is -2.11. The molecule has 0 radical (unpaired) electrons. The molecule has 1 aromatic carbocycles. The number of alkyl halides is 3. The monoisotopic (exact) mass is 333 g/mol. The molecule has 120 valence electrons. The number of aliphatic hydroxyl groups excluding tert-OH is 1. The van der Waals surface area contributed by atoms with Crippen LogP contribution in [0.1, 0.15) is 24.0 Å². The van der Waals surface area contributed by atoms with Crippen molar-refractivity contribution in [2.24, 2.45) is 5.41 Å². The third-order valence-corrected chi connectivity index (χ3v) is 3.98. The molecule has 3 nitrogen and oxygen atoms in total. The second-order valence-corrected chi connectivity index (χ2v) is 5.85. The molecule has 1 saturated carbocycles. The van der Waals surface area contributed by atoms with Gasteiger partial charge in [0.2, 0.25) is 5.91 Å². The van der Waals surface area contributed by atoms with Gasteiger partial charge in [-0.2, -0.15) is 13.2 Å². The predicted molar refractivity (Wildman–Crippen MR) is 77.3 cm³/mol. The Bertz CT molecular complexity index is 595. The van der Waals surface area contributed by atoms with Crippen LogP contribution in [0.5, 0.6) is 0 Å². The molecule has 1 aliphatic carbocycles. The lowest BCUT2D eigenvalue weighted by atomic mass is 10.1. The van der Waals surface area contributed by atoms with Crippen molar-refractivity contribution in [3.05, 3.63) is 40.4 Å². The average Bonchev–Trinajstić information content (AvgIpc) is 3.23. The third-order valence-electron chi connectivity index (χ3n) is 3.65.